The minimum Gasteiger partial charge on any atom is -0.497 e. The molecule has 5 aromatic rings. The molecule has 7 nitrogen and oxygen atoms in total. The number of pyridine rings is 1. The second-order valence-electron chi connectivity index (χ2n) is 7.61. The molecule has 0 spiro atoms. The minimum absolute atomic E-state index is 0.436. The zero-order valence-electron chi connectivity index (χ0n) is 18.6. The summed E-state index contributed by atoms with van der Waals surface area (Å²) in [5.74, 6) is 1.24. The summed E-state index contributed by atoms with van der Waals surface area (Å²) in [6.07, 6.45) is 3.42. The SMILES string of the molecule is COc1ccc2nc(-c3cccnc3)nc(Nc3sc(C)c(-c4ccccc4)c3C(N)=O)c2c1. The molecule has 0 fully saturated rings. The van der Waals surface area contributed by atoms with Crippen molar-refractivity contribution in [3.63, 3.8) is 0 Å². The first-order valence-corrected chi connectivity index (χ1v) is 11.4. The van der Waals surface area contributed by atoms with Crippen LogP contribution in [0.15, 0.2) is 73.1 Å². The zero-order chi connectivity index (χ0) is 23.7. The predicted octanol–water partition coefficient (Wildman–Crippen LogP) is 5.58. The van der Waals surface area contributed by atoms with Crippen molar-refractivity contribution in [1.29, 1.82) is 0 Å². The number of nitrogens with one attached hydrogen (secondary N) is 1. The van der Waals surface area contributed by atoms with Crippen molar-refractivity contribution in [1.82, 2.24) is 15.0 Å². The number of hydrogen-bond donors (Lipinski definition) is 2. The molecule has 0 aliphatic rings. The van der Waals surface area contributed by atoms with E-state index in [1.54, 1.807) is 19.5 Å². The lowest BCUT2D eigenvalue weighted by molar-refractivity contribution is 0.100. The summed E-state index contributed by atoms with van der Waals surface area (Å²) in [5, 5.41) is 4.77. The van der Waals surface area contributed by atoms with Crippen molar-refractivity contribution in [2.24, 2.45) is 5.73 Å². The Hall–Kier alpha value is -4.30. The lowest BCUT2D eigenvalue weighted by Crippen LogP contribution is -2.13. The fourth-order valence-electron chi connectivity index (χ4n) is 3.88. The number of primary amides is 1. The van der Waals surface area contributed by atoms with Crippen molar-refractivity contribution in [3.05, 3.63) is 83.5 Å². The van der Waals surface area contributed by atoms with Gasteiger partial charge in [-0.1, -0.05) is 30.3 Å². The van der Waals surface area contributed by atoms with Crippen LogP contribution in [0.4, 0.5) is 10.8 Å². The molecule has 5 rings (SSSR count). The van der Waals surface area contributed by atoms with Crippen LogP contribution < -0.4 is 15.8 Å². The van der Waals surface area contributed by atoms with Crippen LogP contribution in [-0.2, 0) is 0 Å². The normalized spacial score (nSPS) is 10.9. The Kier molecular flexibility index (Phi) is 5.65. The van der Waals surface area contributed by atoms with Gasteiger partial charge in [0.25, 0.3) is 5.91 Å². The number of nitrogens with two attached hydrogens (primary N) is 1. The van der Waals surface area contributed by atoms with Gasteiger partial charge in [0.1, 0.15) is 16.6 Å². The molecule has 0 saturated heterocycles. The highest BCUT2D eigenvalue weighted by Crippen LogP contribution is 2.41. The number of methoxy groups -OCH3 is 1. The average Bonchev–Trinajstić information content (AvgIpc) is 3.20. The second-order valence-corrected chi connectivity index (χ2v) is 8.84. The third kappa shape index (κ3) is 3.95. The molecule has 0 aliphatic carbocycles. The third-order valence-electron chi connectivity index (χ3n) is 5.45. The maximum atomic E-state index is 12.6. The first kappa shape index (κ1) is 21.5. The van der Waals surface area contributed by atoms with Gasteiger partial charge in [0, 0.05) is 33.8 Å². The highest BCUT2D eigenvalue weighted by molar-refractivity contribution is 7.17. The summed E-state index contributed by atoms with van der Waals surface area (Å²) in [4.78, 5) is 27.3. The van der Waals surface area contributed by atoms with E-state index < -0.39 is 5.91 Å². The predicted molar refractivity (Wildman–Crippen MR) is 136 cm³/mol. The van der Waals surface area contributed by atoms with Crippen LogP contribution >= 0.6 is 11.3 Å². The van der Waals surface area contributed by atoms with Gasteiger partial charge >= 0.3 is 0 Å². The fraction of sp³-hybridized carbons (Fsp3) is 0.0769. The van der Waals surface area contributed by atoms with Crippen molar-refractivity contribution in [3.8, 4) is 28.3 Å². The number of benzene rings is 2. The molecule has 8 heteroatoms. The first-order valence-electron chi connectivity index (χ1n) is 10.6. The third-order valence-corrected chi connectivity index (χ3v) is 6.47. The van der Waals surface area contributed by atoms with E-state index in [-0.39, 0.29) is 0 Å². The highest BCUT2D eigenvalue weighted by Gasteiger charge is 2.23. The van der Waals surface area contributed by atoms with E-state index in [0.717, 1.165) is 32.5 Å². The number of carbonyl (C=O) groups is 1. The number of aryl methyl sites for hydroxylation is 1. The van der Waals surface area contributed by atoms with Crippen molar-refractivity contribution in [2.75, 3.05) is 12.4 Å². The summed E-state index contributed by atoms with van der Waals surface area (Å²) in [7, 11) is 1.61. The van der Waals surface area contributed by atoms with Crippen LogP contribution in [0.2, 0.25) is 0 Å². The van der Waals surface area contributed by atoms with E-state index in [4.69, 9.17) is 20.4 Å². The van der Waals surface area contributed by atoms with Crippen LogP contribution in [0.1, 0.15) is 15.2 Å². The van der Waals surface area contributed by atoms with E-state index >= 15 is 0 Å². The topological polar surface area (TPSA) is 103 Å². The maximum Gasteiger partial charge on any atom is 0.252 e. The number of hydrogen-bond acceptors (Lipinski definition) is 7. The number of rotatable bonds is 6. The van der Waals surface area contributed by atoms with E-state index in [1.807, 2.05) is 67.6 Å². The highest BCUT2D eigenvalue weighted by atomic mass is 32.1. The van der Waals surface area contributed by atoms with Gasteiger partial charge < -0.3 is 15.8 Å². The largest absolute Gasteiger partial charge is 0.497 e. The number of aromatic nitrogens is 3. The van der Waals surface area contributed by atoms with Gasteiger partial charge in [-0.2, -0.15) is 0 Å². The average molecular weight is 468 g/mol. The van der Waals surface area contributed by atoms with Gasteiger partial charge in [-0.05, 0) is 42.8 Å². The number of fused-ring (bicyclic) bond motifs is 1. The Morgan fingerprint density at radius 1 is 1.03 bits per heavy atom. The number of carbonyl (C=O) groups excluding carboxylic acids is 1. The molecule has 0 radical (unpaired) electrons. The minimum atomic E-state index is -0.505. The molecule has 0 aliphatic heterocycles. The number of amides is 1. The van der Waals surface area contributed by atoms with E-state index in [1.165, 1.54) is 11.3 Å². The summed E-state index contributed by atoms with van der Waals surface area (Å²) < 4.78 is 5.42. The standard InChI is InChI=1S/C26H21N5O2S/c1-15-21(16-7-4-3-5-8-16)22(23(27)32)26(34-15)31-25-19-13-18(33-2)10-11-20(19)29-24(30-25)17-9-6-12-28-14-17/h3-14H,1-2H3,(H2,27,32)(H,29,30,31). The van der Waals surface area contributed by atoms with Crippen LogP contribution in [0.25, 0.3) is 33.4 Å². The maximum absolute atomic E-state index is 12.6. The number of nitrogens with zero attached hydrogens (tertiary/aromatic N) is 3. The van der Waals surface area contributed by atoms with Gasteiger partial charge in [0.05, 0.1) is 18.2 Å². The molecule has 168 valence electrons. The second kappa shape index (κ2) is 8.92. The fourth-order valence-corrected chi connectivity index (χ4v) is 4.96. The molecular formula is C26H21N5O2S. The van der Waals surface area contributed by atoms with E-state index in [9.17, 15) is 4.79 Å². The number of thiophene rings is 1. The molecule has 3 aromatic heterocycles. The van der Waals surface area contributed by atoms with Gasteiger partial charge in [0.2, 0.25) is 0 Å². The molecule has 2 aromatic carbocycles. The van der Waals surface area contributed by atoms with Gasteiger partial charge in [-0.15, -0.1) is 11.3 Å². The zero-order valence-corrected chi connectivity index (χ0v) is 19.4. The van der Waals surface area contributed by atoms with Gasteiger partial charge in [-0.3, -0.25) is 9.78 Å². The quantitative estimate of drug-likeness (QED) is 0.338. The molecule has 34 heavy (non-hydrogen) atoms. The summed E-state index contributed by atoms with van der Waals surface area (Å²) in [5.41, 5.74) is 9.57. The summed E-state index contributed by atoms with van der Waals surface area (Å²) in [6, 6.07) is 19.1. The van der Waals surface area contributed by atoms with Crippen molar-refractivity contribution >= 4 is 39.0 Å². The van der Waals surface area contributed by atoms with E-state index in [2.05, 4.69) is 10.3 Å². The van der Waals surface area contributed by atoms with Crippen molar-refractivity contribution < 1.29 is 9.53 Å². The van der Waals surface area contributed by atoms with Gasteiger partial charge in [0.15, 0.2) is 5.82 Å². The van der Waals surface area contributed by atoms with E-state index in [0.29, 0.717) is 28.0 Å². The Balaban J connectivity index is 1.70. The Labute approximate surface area is 200 Å². The molecule has 0 unspecified atom stereocenters. The molecular weight excluding hydrogens is 446 g/mol. The summed E-state index contributed by atoms with van der Waals surface area (Å²) >= 11 is 1.46. The molecule has 0 saturated carbocycles. The van der Waals surface area contributed by atoms with Crippen LogP contribution in [0.5, 0.6) is 5.75 Å². The smallest absolute Gasteiger partial charge is 0.252 e. The number of anilines is 2. The van der Waals surface area contributed by atoms with Gasteiger partial charge in [-0.25, -0.2) is 9.97 Å². The Morgan fingerprint density at radius 3 is 2.53 bits per heavy atom. The Morgan fingerprint density at radius 2 is 1.82 bits per heavy atom. The molecule has 3 heterocycles. The molecule has 1 amide bonds. The lowest BCUT2D eigenvalue weighted by atomic mass is 10.0. The number of ether oxygens (including phenoxy) is 1. The monoisotopic (exact) mass is 467 g/mol. The summed E-state index contributed by atoms with van der Waals surface area (Å²) in [6.45, 7) is 1.98. The van der Waals surface area contributed by atoms with Crippen LogP contribution in [0.3, 0.4) is 0 Å². The first-order chi connectivity index (χ1) is 16.5. The lowest BCUT2D eigenvalue weighted by Gasteiger charge is -2.12. The van der Waals surface area contributed by atoms with Crippen LogP contribution in [-0.4, -0.2) is 28.0 Å². The molecule has 0 bridgehead atoms. The molecule has 3 N–H and O–H groups in total. The van der Waals surface area contributed by atoms with Crippen LogP contribution in [0, 0.1) is 6.92 Å². The Bertz CT molecular complexity index is 1500. The molecule has 0 atom stereocenters. The van der Waals surface area contributed by atoms with Crippen molar-refractivity contribution in [2.45, 2.75) is 6.92 Å².